The van der Waals surface area contributed by atoms with E-state index in [1.165, 1.54) is 0 Å². The molecule has 26 heavy (non-hydrogen) atoms. The molecule has 0 radical (unpaired) electrons. The first-order valence-electron chi connectivity index (χ1n) is 8.60. The summed E-state index contributed by atoms with van der Waals surface area (Å²) in [6, 6.07) is 14.8. The maximum atomic E-state index is 12.1. The van der Waals surface area contributed by atoms with E-state index in [-0.39, 0.29) is 11.8 Å². The van der Waals surface area contributed by atoms with Crippen LogP contribution in [0.5, 0.6) is 11.5 Å². The minimum atomic E-state index is -0.502. The van der Waals surface area contributed by atoms with Crippen LogP contribution in [0.4, 0.5) is 11.4 Å². The molecule has 1 aliphatic rings. The van der Waals surface area contributed by atoms with Crippen molar-refractivity contribution in [2.75, 3.05) is 23.9 Å². The molecular formula is C20H22N2O4. The van der Waals surface area contributed by atoms with Crippen LogP contribution >= 0.6 is 0 Å². The monoisotopic (exact) mass is 354 g/mol. The van der Waals surface area contributed by atoms with Crippen LogP contribution in [0.2, 0.25) is 0 Å². The molecule has 0 fully saturated rings. The third-order valence-corrected chi connectivity index (χ3v) is 4.15. The van der Waals surface area contributed by atoms with Crippen molar-refractivity contribution in [2.45, 2.75) is 25.9 Å². The standard InChI is InChI=1S/C20H22N2O4/c1-14-20(24)22(2)17-13-15(10-11-18(17)26-14)21-19(23)9-6-12-25-16-7-4-3-5-8-16/h3-5,7-8,10-11,13-14H,6,9,12H2,1-2H3,(H,21,23). The topological polar surface area (TPSA) is 67.9 Å². The lowest BCUT2D eigenvalue weighted by atomic mass is 10.1. The second kappa shape index (κ2) is 7.91. The van der Waals surface area contributed by atoms with Crippen molar-refractivity contribution < 1.29 is 19.1 Å². The molecule has 1 heterocycles. The fraction of sp³-hybridized carbons (Fsp3) is 0.300. The van der Waals surface area contributed by atoms with Crippen molar-refractivity contribution in [3.05, 3.63) is 48.5 Å². The summed E-state index contributed by atoms with van der Waals surface area (Å²) in [5, 5.41) is 2.85. The number of carbonyl (C=O) groups is 2. The average Bonchev–Trinajstić information content (AvgIpc) is 2.65. The molecule has 6 heteroatoms. The van der Waals surface area contributed by atoms with E-state index in [9.17, 15) is 9.59 Å². The van der Waals surface area contributed by atoms with Crippen molar-refractivity contribution in [1.29, 1.82) is 0 Å². The molecule has 0 saturated heterocycles. The predicted octanol–water partition coefficient (Wildman–Crippen LogP) is 3.23. The second-order valence-electron chi connectivity index (χ2n) is 6.15. The molecule has 2 aromatic carbocycles. The Bertz CT molecular complexity index is 792. The quantitative estimate of drug-likeness (QED) is 0.809. The van der Waals surface area contributed by atoms with Crippen LogP contribution < -0.4 is 19.7 Å². The number of nitrogens with one attached hydrogen (secondary N) is 1. The molecule has 3 rings (SSSR count). The number of para-hydroxylation sites is 1. The molecule has 136 valence electrons. The number of benzene rings is 2. The molecule has 2 aromatic rings. The van der Waals surface area contributed by atoms with Gasteiger partial charge in [-0.1, -0.05) is 18.2 Å². The zero-order valence-corrected chi connectivity index (χ0v) is 14.9. The molecule has 0 aliphatic carbocycles. The van der Waals surface area contributed by atoms with Gasteiger partial charge in [0, 0.05) is 19.2 Å². The number of anilines is 2. The van der Waals surface area contributed by atoms with Crippen molar-refractivity contribution >= 4 is 23.2 Å². The molecule has 0 saturated carbocycles. The van der Waals surface area contributed by atoms with Crippen LogP contribution in [0, 0.1) is 0 Å². The van der Waals surface area contributed by atoms with E-state index in [0.717, 1.165) is 5.75 Å². The largest absolute Gasteiger partial charge is 0.494 e. The van der Waals surface area contributed by atoms with Gasteiger partial charge in [0.25, 0.3) is 5.91 Å². The lowest BCUT2D eigenvalue weighted by Crippen LogP contribution is -2.41. The molecule has 0 spiro atoms. The van der Waals surface area contributed by atoms with E-state index in [2.05, 4.69) is 5.32 Å². The first-order valence-corrected chi connectivity index (χ1v) is 8.60. The number of likely N-dealkylation sites (N-methyl/N-ethyl adjacent to an activating group) is 1. The molecule has 1 aliphatic heterocycles. The summed E-state index contributed by atoms with van der Waals surface area (Å²) < 4.78 is 11.2. The van der Waals surface area contributed by atoms with E-state index in [1.54, 1.807) is 37.1 Å². The van der Waals surface area contributed by atoms with Crippen molar-refractivity contribution in [1.82, 2.24) is 0 Å². The van der Waals surface area contributed by atoms with E-state index >= 15 is 0 Å². The lowest BCUT2D eigenvalue weighted by molar-refractivity contribution is -0.125. The van der Waals surface area contributed by atoms with Crippen LogP contribution in [0.25, 0.3) is 0 Å². The highest BCUT2D eigenvalue weighted by molar-refractivity contribution is 6.00. The number of rotatable bonds is 6. The molecule has 0 aromatic heterocycles. The highest BCUT2D eigenvalue weighted by atomic mass is 16.5. The summed E-state index contributed by atoms with van der Waals surface area (Å²) in [5.74, 6) is 1.22. The van der Waals surface area contributed by atoms with Gasteiger partial charge in [0.1, 0.15) is 11.5 Å². The zero-order valence-electron chi connectivity index (χ0n) is 14.9. The molecule has 0 bridgehead atoms. The smallest absolute Gasteiger partial charge is 0.267 e. The SMILES string of the molecule is CC1Oc2ccc(NC(=O)CCCOc3ccccc3)cc2N(C)C1=O. The molecule has 6 nitrogen and oxygen atoms in total. The number of carbonyl (C=O) groups excluding carboxylic acids is 2. The third-order valence-electron chi connectivity index (χ3n) is 4.15. The summed E-state index contributed by atoms with van der Waals surface area (Å²) in [4.78, 5) is 25.7. The van der Waals surface area contributed by atoms with Gasteiger partial charge >= 0.3 is 0 Å². The van der Waals surface area contributed by atoms with Crippen molar-refractivity contribution in [3.8, 4) is 11.5 Å². The van der Waals surface area contributed by atoms with Gasteiger partial charge in [-0.05, 0) is 43.7 Å². The Hall–Kier alpha value is -3.02. The number of amides is 2. The molecule has 2 amide bonds. The van der Waals surface area contributed by atoms with Gasteiger partial charge in [-0.25, -0.2) is 0 Å². The zero-order chi connectivity index (χ0) is 18.5. The lowest BCUT2D eigenvalue weighted by Gasteiger charge is -2.30. The number of hydrogen-bond acceptors (Lipinski definition) is 4. The fourth-order valence-electron chi connectivity index (χ4n) is 2.75. The highest BCUT2D eigenvalue weighted by Gasteiger charge is 2.28. The van der Waals surface area contributed by atoms with Gasteiger partial charge in [0.15, 0.2) is 6.10 Å². The first kappa shape index (κ1) is 17.8. The Labute approximate surface area is 152 Å². The van der Waals surface area contributed by atoms with Gasteiger partial charge in [0.05, 0.1) is 12.3 Å². The van der Waals surface area contributed by atoms with Crippen molar-refractivity contribution in [3.63, 3.8) is 0 Å². The van der Waals surface area contributed by atoms with Crippen LogP contribution in [0.15, 0.2) is 48.5 Å². The van der Waals surface area contributed by atoms with E-state index < -0.39 is 6.10 Å². The van der Waals surface area contributed by atoms with Gasteiger partial charge < -0.3 is 19.7 Å². The third kappa shape index (κ3) is 4.14. The molecular weight excluding hydrogens is 332 g/mol. The first-order chi connectivity index (χ1) is 12.5. The summed E-state index contributed by atoms with van der Waals surface area (Å²) in [5.41, 5.74) is 1.29. The normalized spacial score (nSPS) is 15.8. The van der Waals surface area contributed by atoms with Gasteiger partial charge in [-0.15, -0.1) is 0 Å². The fourth-order valence-corrected chi connectivity index (χ4v) is 2.75. The Morgan fingerprint density at radius 1 is 1.23 bits per heavy atom. The van der Waals surface area contributed by atoms with E-state index in [4.69, 9.17) is 9.47 Å². The van der Waals surface area contributed by atoms with Gasteiger partial charge in [0.2, 0.25) is 5.91 Å². The van der Waals surface area contributed by atoms with E-state index in [1.807, 2.05) is 30.3 Å². The Morgan fingerprint density at radius 2 is 2.00 bits per heavy atom. The summed E-state index contributed by atoms with van der Waals surface area (Å²) in [6.45, 7) is 2.19. The molecule has 1 unspecified atom stereocenters. The minimum Gasteiger partial charge on any atom is -0.494 e. The van der Waals surface area contributed by atoms with Gasteiger partial charge in [-0.2, -0.15) is 0 Å². The van der Waals surface area contributed by atoms with Crippen LogP contribution in [0.1, 0.15) is 19.8 Å². The Morgan fingerprint density at radius 3 is 2.77 bits per heavy atom. The second-order valence-corrected chi connectivity index (χ2v) is 6.15. The highest BCUT2D eigenvalue weighted by Crippen LogP contribution is 2.35. The minimum absolute atomic E-state index is 0.0966. The summed E-state index contributed by atoms with van der Waals surface area (Å²) in [7, 11) is 1.70. The number of ether oxygens (including phenoxy) is 2. The van der Waals surface area contributed by atoms with Gasteiger partial charge in [-0.3, -0.25) is 9.59 Å². The Kier molecular flexibility index (Phi) is 5.41. The van der Waals surface area contributed by atoms with Crippen LogP contribution in [-0.4, -0.2) is 31.6 Å². The predicted molar refractivity (Wildman–Crippen MR) is 99.7 cm³/mol. The Balaban J connectivity index is 1.51. The molecule has 1 atom stereocenters. The average molecular weight is 354 g/mol. The van der Waals surface area contributed by atoms with E-state index in [0.29, 0.717) is 36.6 Å². The maximum Gasteiger partial charge on any atom is 0.267 e. The number of nitrogens with zero attached hydrogens (tertiary/aromatic N) is 1. The number of hydrogen-bond donors (Lipinski definition) is 1. The van der Waals surface area contributed by atoms with Crippen molar-refractivity contribution in [2.24, 2.45) is 0 Å². The molecule has 1 N–H and O–H groups in total. The number of fused-ring (bicyclic) bond motifs is 1. The summed E-state index contributed by atoms with van der Waals surface area (Å²) >= 11 is 0. The van der Waals surface area contributed by atoms with Crippen LogP contribution in [0.3, 0.4) is 0 Å². The van der Waals surface area contributed by atoms with Crippen LogP contribution in [-0.2, 0) is 9.59 Å². The summed E-state index contributed by atoms with van der Waals surface area (Å²) in [6.07, 6.45) is 0.467. The maximum absolute atomic E-state index is 12.1.